The maximum atomic E-state index is 10.2. The zero-order valence-corrected chi connectivity index (χ0v) is 9.35. The molecule has 0 unspecified atom stereocenters. The Hall–Kier alpha value is -2.77. The van der Waals surface area contributed by atoms with Gasteiger partial charge in [0.05, 0.1) is 9.85 Å². The number of aliphatic carboxylic acids is 1. The van der Waals surface area contributed by atoms with Crippen molar-refractivity contribution in [3.05, 3.63) is 56.6 Å². The first-order valence-corrected chi connectivity index (χ1v) is 4.63. The van der Waals surface area contributed by atoms with Crippen molar-refractivity contribution < 1.29 is 19.7 Å². The lowest BCUT2D eigenvalue weighted by atomic mass is 10.3. The molecule has 0 spiro atoms. The summed E-state index contributed by atoms with van der Waals surface area (Å²) in [6.07, 6.45) is 2.56. The normalized spacial score (nSPS) is 9.39. The van der Waals surface area contributed by atoms with Crippen LogP contribution in [0.4, 0.5) is 11.4 Å². The van der Waals surface area contributed by atoms with E-state index in [0.717, 1.165) is 18.2 Å². The molecule has 0 aliphatic rings. The van der Waals surface area contributed by atoms with Crippen LogP contribution in [0.3, 0.4) is 0 Å². The van der Waals surface area contributed by atoms with E-state index in [4.69, 9.17) is 5.11 Å². The highest BCUT2D eigenvalue weighted by Gasteiger charge is 2.21. The molecule has 1 aromatic carbocycles. The average Bonchev–Trinajstić information content (AvgIpc) is 2.29. The van der Waals surface area contributed by atoms with E-state index in [-0.39, 0.29) is 0 Å². The third-order valence-electron chi connectivity index (χ3n) is 1.58. The Labute approximate surface area is 101 Å². The van der Waals surface area contributed by atoms with Gasteiger partial charge in [-0.1, -0.05) is 18.2 Å². The molecule has 0 saturated carbocycles. The van der Waals surface area contributed by atoms with Crippen LogP contribution in [0, 0.1) is 20.2 Å². The van der Waals surface area contributed by atoms with Crippen LogP contribution in [0.15, 0.2) is 36.4 Å². The Balaban J connectivity index is 0.000000411. The second kappa shape index (κ2) is 7.49. The van der Waals surface area contributed by atoms with E-state index in [0.29, 0.717) is 0 Å². The molecule has 0 radical (unpaired) electrons. The van der Waals surface area contributed by atoms with Gasteiger partial charge in [-0.3, -0.25) is 20.2 Å². The molecule has 1 aromatic rings. The number of carbonyl (C=O) groups is 1. The molecule has 1 N–H and O–H groups in total. The van der Waals surface area contributed by atoms with Crippen LogP contribution in [0.1, 0.15) is 6.92 Å². The zero-order chi connectivity index (χ0) is 14.1. The van der Waals surface area contributed by atoms with Crippen molar-refractivity contribution in [3.8, 4) is 0 Å². The van der Waals surface area contributed by atoms with Gasteiger partial charge < -0.3 is 5.11 Å². The Bertz CT molecular complexity index is 450. The largest absolute Gasteiger partial charge is 0.478 e. The van der Waals surface area contributed by atoms with Crippen molar-refractivity contribution in [1.82, 2.24) is 0 Å². The first kappa shape index (κ1) is 15.2. The molecule has 0 heterocycles. The number of hydrogen-bond donors (Lipinski definition) is 1. The van der Waals surface area contributed by atoms with Crippen molar-refractivity contribution in [1.29, 1.82) is 0 Å². The van der Waals surface area contributed by atoms with E-state index in [2.05, 4.69) is 0 Å². The maximum Gasteiger partial charge on any atom is 0.346 e. The number of nitrogens with zero attached hydrogens (tertiary/aromatic N) is 2. The van der Waals surface area contributed by atoms with Crippen molar-refractivity contribution in [2.45, 2.75) is 6.92 Å². The summed E-state index contributed by atoms with van der Waals surface area (Å²) in [6, 6.07) is 4.95. The third kappa shape index (κ3) is 5.35. The van der Waals surface area contributed by atoms with E-state index < -0.39 is 27.2 Å². The van der Waals surface area contributed by atoms with E-state index >= 15 is 0 Å². The first-order valence-electron chi connectivity index (χ1n) is 4.63. The number of nitro benzene ring substituents is 2. The van der Waals surface area contributed by atoms with E-state index in [9.17, 15) is 25.0 Å². The molecule has 0 aliphatic heterocycles. The predicted molar refractivity (Wildman–Crippen MR) is 62.2 cm³/mol. The first-order chi connectivity index (χ1) is 8.40. The molecule has 0 aliphatic carbocycles. The van der Waals surface area contributed by atoms with Gasteiger partial charge in [0.1, 0.15) is 0 Å². The fourth-order valence-corrected chi connectivity index (χ4v) is 0.916. The van der Waals surface area contributed by atoms with Gasteiger partial charge in [0.25, 0.3) is 0 Å². The van der Waals surface area contributed by atoms with E-state index in [1.54, 1.807) is 6.92 Å². The fraction of sp³-hybridized carbons (Fsp3) is 0.100. The van der Waals surface area contributed by atoms with Crippen LogP contribution in [0.25, 0.3) is 0 Å². The molecule has 18 heavy (non-hydrogen) atoms. The molecule has 8 heteroatoms. The summed E-state index contributed by atoms with van der Waals surface area (Å²) in [5.41, 5.74) is -0.968. The van der Waals surface area contributed by atoms with Crippen molar-refractivity contribution in [2.24, 2.45) is 0 Å². The number of rotatable bonds is 3. The minimum absolute atomic E-state index is 0.484. The van der Waals surface area contributed by atoms with Crippen LogP contribution < -0.4 is 0 Å². The molecular weight excluding hydrogens is 244 g/mol. The Kier molecular flexibility index (Phi) is 6.34. The average molecular weight is 254 g/mol. The highest BCUT2D eigenvalue weighted by molar-refractivity contribution is 5.79. The second-order valence-electron chi connectivity index (χ2n) is 2.84. The zero-order valence-electron chi connectivity index (χ0n) is 9.35. The maximum absolute atomic E-state index is 10.2. The Morgan fingerprint density at radius 1 is 1.17 bits per heavy atom. The minimum Gasteiger partial charge on any atom is -0.478 e. The molecule has 0 bridgehead atoms. The SMILES string of the molecule is CC=CC(=O)O.O=[N+]([O-])c1ccccc1[N+](=O)[O-]. The fourth-order valence-electron chi connectivity index (χ4n) is 0.916. The van der Waals surface area contributed by atoms with Gasteiger partial charge in [0.15, 0.2) is 0 Å². The van der Waals surface area contributed by atoms with Gasteiger partial charge in [-0.15, -0.1) is 0 Å². The lowest BCUT2D eigenvalue weighted by Crippen LogP contribution is -1.95. The number of para-hydroxylation sites is 2. The number of hydrogen-bond acceptors (Lipinski definition) is 5. The van der Waals surface area contributed by atoms with Gasteiger partial charge in [-0.05, 0) is 6.92 Å². The summed E-state index contributed by atoms with van der Waals surface area (Å²) in [5, 5.41) is 28.3. The Morgan fingerprint density at radius 3 is 1.72 bits per heavy atom. The second-order valence-corrected chi connectivity index (χ2v) is 2.84. The summed E-state index contributed by atoms with van der Waals surface area (Å²) in [7, 11) is 0. The van der Waals surface area contributed by atoms with Crippen molar-refractivity contribution >= 4 is 17.3 Å². The van der Waals surface area contributed by atoms with Crippen LogP contribution >= 0.6 is 0 Å². The quantitative estimate of drug-likeness (QED) is 0.500. The third-order valence-corrected chi connectivity index (χ3v) is 1.58. The van der Waals surface area contributed by atoms with Gasteiger partial charge in [0, 0.05) is 18.2 Å². The molecule has 8 nitrogen and oxygen atoms in total. The molecule has 0 atom stereocenters. The van der Waals surface area contributed by atoms with E-state index in [1.807, 2.05) is 0 Å². The van der Waals surface area contributed by atoms with Crippen LogP contribution in [-0.2, 0) is 4.79 Å². The number of benzene rings is 1. The predicted octanol–water partition coefficient (Wildman–Crippen LogP) is 2.15. The highest BCUT2D eigenvalue weighted by atomic mass is 16.6. The summed E-state index contributed by atoms with van der Waals surface area (Å²) in [5.74, 6) is -0.891. The molecule has 96 valence electrons. The number of allylic oxidation sites excluding steroid dienone is 1. The molecule has 1 rings (SSSR count). The van der Waals surface area contributed by atoms with Crippen molar-refractivity contribution in [3.63, 3.8) is 0 Å². The highest BCUT2D eigenvalue weighted by Crippen LogP contribution is 2.24. The lowest BCUT2D eigenvalue weighted by molar-refractivity contribution is -0.422. The number of nitro groups is 2. The number of carboxylic acids is 1. The van der Waals surface area contributed by atoms with Gasteiger partial charge >= 0.3 is 17.3 Å². The lowest BCUT2D eigenvalue weighted by Gasteiger charge is -1.91. The topological polar surface area (TPSA) is 124 Å². The van der Waals surface area contributed by atoms with Gasteiger partial charge in [-0.25, -0.2) is 4.79 Å². The van der Waals surface area contributed by atoms with Gasteiger partial charge in [-0.2, -0.15) is 0 Å². The smallest absolute Gasteiger partial charge is 0.346 e. The molecule has 0 amide bonds. The minimum atomic E-state index is -0.891. The van der Waals surface area contributed by atoms with Crippen LogP contribution in [-0.4, -0.2) is 20.9 Å². The summed E-state index contributed by atoms with van der Waals surface area (Å²) >= 11 is 0. The number of carboxylic acid groups (broad SMARTS) is 1. The molecular formula is C10H10N2O6. The summed E-state index contributed by atoms with van der Waals surface area (Å²) in [4.78, 5) is 28.4. The van der Waals surface area contributed by atoms with Crippen molar-refractivity contribution in [2.75, 3.05) is 0 Å². The molecule has 0 fully saturated rings. The Morgan fingerprint density at radius 2 is 1.56 bits per heavy atom. The van der Waals surface area contributed by atoms with E-state index in [1.165, 1.54) is 18.2 Å². The van der Waals surface area contributed by atoms with Crippen LogP contribution in [0.2, 0.25) is 0 Å². The monoisotopic (exact) mass is 254 g/mol. The molecule has 0 saturated heterocycles. The molecule has 0 aromatic heterocycles. The summed E-state index contributed by atoms with van der Waals surface area (Å²) < 4.78 is 0. The standard InChI is InChI=1S/C6H4N2O4.C4H6O2/c9-7(10)5-3-1-2-4-6(5)8(11)12;1-2-3-4(5)6/h1-4H;2-3H,1H3,(H,5,6). The van der Waals surface area contributed by atoms with Crippen LogP contribution in [0.5, 0.6) is 0 Å². The summed E-state index contributed by atoms with van der Waals surface area (Å²) in [6.45, 7) is 1.66. The van der Waals surface area contributed by atoms with Gasteiger partial charge in [0.2, 0.25) is 0 Å².